The van der Waals surface area contributed by atoms with Crippen LogP contribution in [0.4, 0.5) is 19.0 Å². The van der Waals surface area contributed by atoms with Crippen LogP contribution in [-0.2, 0) is 18.5 Å². The molecule has 8 heteroatoms. The Hall–Kier alpha value is -2.51. The number of aromatic amines is 1. The summed E-state index contributed by atoms with van der Waals surface area (Å²) in [7, 11) is 0. The molecule has 0 saturated carbocycles. The number of rotatable bonds is 3. The minimum Gasteiger partial charge on any atom is -0.362 e. The molecule has 1 aromatic heterocycles. The molecule has 1 aliphatic heterocycles. The van der Waals surface area contributed by atoms with Crippen molar-refractivity contribution in [2.75, 3.05) is 5.32 Å². The van der Waals surface area contributed by atoms with Gasteiger partial charge in [0.15, 0.2) is 0 Å². The molecule has 2 aromatic rings. The number of alkyl halides is 2. The molecule has 0 fully saturated rings. The van der Waals surface area contributed by atoms with E-state index in [4.69, 9.17) is 0 Å². The van der Waals surface area contributed by atoms with Crippen LogP contribution >= 0.6 is 0 Å². The highest BCUT2D eigenvalue weighted by Gasteiger charge is 2.33. The summed E-state index contributed by atoms with van der Waals surface area (Å²) in [4.78, 5) is 26.7. The predicted molar refractivity (Wildman–Crippen MR) is 83.0 cm³/mol. The number of hydrogen-bond donors (Lipinski definition) is 2. The molecule has 0 amide bonds. The van der Waals surface area contributed by atoms with Gasteiger partial charge in [-0.2, -0.15) is 0 Å². The second-order valence-electron chi connectivity index (χ2n) is 6.06. The van der Waals surface area contributed by atoms with Crippen LogP contribution in [0.5, 0.6) is 0 Å². The number of aromatic nitrogens is 2. The van der Waals surface area contributed by atoms with Crippen LogP contribution in [0.2, 0.25) is 0 Å². The van der Waals surface area contributed by atoms with Gasteiger partial charge in [-0.1, -0.05) is 12.1 Å². The zero-order valence-corrected chi connectivity index (χ0v) is 12.9. The van der Waals surface area contributed by atoms with Crippen LogP contribution < -0.4 is 16.6 Å². The molecule has 3 rings (SSSR count). The standard InChI is InChI=1S/C16H16F3N3O2/c1-16(9-3-2-4-10(17)7-9)6-5-11-13(21-16)20-15(24)22(14(11)23)8-12(18)19/h2-4,7,12,21H,5-6,8H2,1H3,(H,20,24)/t16-/m1/s1. The molecule has 2 heterocycles. The average molecular weight is 339 g/mol. The maximum Gasteiger partial charge on any atom is 0.330 e. The van der Waals surface area contributed by atoms with Crippen LogP contribution in [0.3, 0.4) is 0 Å². The molecule has 1 atom stereocenters. The molecule has 5 nitrogen and oxygen atoms in total. The van der Waals surface area contributed by atoms with Gasteiger partial charge in [0.05, 0.1) is 17.6 Å². The molecular weight excluding hydrogens is 323 g/mol. The van der Waals surface area contributed by atoms with Crippen molar-refractivity contribution in [1.29, 1.82) is 0 Å². The molecule has 0 radical (unpaired) electrons. The lowest BCUT2D eigenvalue weighted by Crippen LogP contribution is -2.45. The predicted octanol–water partition coefficient (Wildman–Crippen LogP) is 2.21. The molecule has 24 heavy (non-hydrogen) atoms. The molecule has 0 saturated heterocycles. The van der Waals surface area contributed by atoms with E-state index in [-0.39, 0.29) is 23.6 Å². The summed E-state index contributed by atoms with van der Waals surface area (Å²) in [5.41, 5.74) is -1.37. The van der Waals surface area contributed by atoms with Crippen LogP contribution in [0.15, 0.2) is 33.9 Å². The van der Waals surface area contributed by atoms with Crippen molar-refractivity contribution < 1.29 is 13.2 Å². The highest BCUT2D eigenvalue weighted by molar-refractivity contribution is 5.50. The van der Waals surface area contributed by atoms with Gasteiger partial charge in [-0.3, -0.25) is 14.3 Å². The van der Waals surface area contributed by atoms with E-state index in [9.17, 15) is 22.8 Å². The quantitative estimate of drug-likeness (QED) is 0.901. The van der Waals surface area contributed by atoms with E-state index in [1.165, 1.54) is 12.1 Å². The number of benzene rings is 1. The van der Waals surface area contributed by atoms with E-state index in [0.29, 0.717) is 16.6 Å². The van der Waals surface area contributed by atoms with Gasteiger partial charge in [0.25, 0.3) is 12.0 Å². The third kappa shape index (κ3) is 2.83. The maximum absolute atomic E-state index is 13.5. The first-order chi connectivity index (χ1) is 11.3. The molecule has 128 valence electrons. The number of nitrogens with one attached hydrogen (secondary N) is 2. The molecule has 0 bridgehead atoms. The highest BCUT2D eigenvalue weighted by atomic mass is 19.3. The van der Waals surface area contributed by atoms with Gasteiger partial charge in [0.2, 0.25) is 0 Å². The molecular formula is C16H16F3N3O2. The Bertz CT molecular complexity index is 891. The van der Waals surface area contributed by atoms with Gasteiger partial charge in [-0.25, -0.2) is 18.0 Å². The minimum absolute atomic E-state index is 0.202. The largest absolute Gasteiger partial charge is 0.362 e. The molecule has 1 aromatic carbocycles. The topological polar surface area (TPSA) is 66.9 Å². The highest BCUT2D eigenvalue weighted by Crippen LogP contribution is 2.35. The van der Waals surface area contributed by atoms with Gasteiger partial charge in [0.1, 0.15) is 11.6 Å². The summed E-state index contributed by atoms with van der Waals surface area (Å²) < 4.78 is 39.1. The Morgan fingerprint density at radius 2 is 2.08 bits per heavy atom. The summed E-state index contributed by atoms with van der Waals surface area (Å²) in [6, 6.07) is 6.04. The summed E-state index contributed by atoms with van der Waals surface area (Å²) in [6.07, 6.45) is -2.05. The van der Waals surface area contributed by atoms with Crippen LogP contribution in [-0.4, -0.2) is 16.0 Å². The zero-order valence-electron chi connectivity index (χ0n) is 12.9. The first-order valence-corrected chi connectivity index (χ1v) is 7.48. The van der Waals surface area contributed by atoms with E-state index < -0.39 is 29.8 Å². The van der Waals surface area contributed by atoms with Crippen molar-refractivity contribution in [3.05, 3.63) is 62.0 Å². The summed E-state index contributed by atoms with van der Waals surface area (Å²) >= 11 is 0. The first-order valence-electron chi connectivity index (χ1n) is 7.48. The van der Waals surface area contributed by atoms with Gasteiger partial charge in [-0.05, 0) is 37.5 Å². The van der Waals surface area contributed by atoms with Crippen molar-refractivity contribution in [2.45, 2.75) is 38.3 Å². The van der Waals surface area contributed by atoms with Gasteiger partial charge >= 0.3 is 5.69 Å². The Morgan fingerprint density at radius 1 is 1.33 bits per heavy atom. The molecule has 0 spiro atoms. The van der Waals surface area contributed by atoms with Crippen LogP contribution in [0.25, 0.3) is 0 Å². The number of nitrogens with zero attached hydrogens (tertiary/aromatic N) is 1. The lowest BCUT2D eigenvalue weighted by atomic mass is 9.83. The van der Waals surface area contributed by atoms with Crippen molar-refractivity contribution in [3.8, 4) is 0 Å². The van der Waals surface area contributed by atoms with E-state index in [1.807, 2.05) is 6.92 Å². The smallest absolute Gasteiger partial charge is 0.330 e. The van der Waals surface area contributed by atoms with Gasteiger partial charge in [0, 0.05) is 0 Å². The minimum atomic E-state index is -2.80. The van der Waals surface area contributed by atoms with E-state index in [1.54, 1.807) is 12.1 Å². The lowest BCUT2D eigenvalue weighted by molar-refractivity contribution is 0.123. The van der Waals surface area contributed by atoms with Crippen molar-refractivity contribution >= 4 is 5.82 Å². The fourth-order valence-corrected chi connectivity index (χ4v) is 3.02. The Kier molecular flexibility index (Phi) is 3.98. The number of halogens is 3. The van der Waals surface area contributed by atoms with Crippen molar-refractivity contribution in [2.24, 2.45) is 0 Å². The maximum atomic E-state index is 13.5. The fourth-order valence-electron chi connectivity index (χ4n) is 3.02. The Balaban J connectivity index is 2.03. The SMILES string of the molecule is C[C@]1(c2cccc(F)c2)CCc2c([nH]c(=O)n(CC(F)F)c2=O)N1. The van der Waals surface area contributed by atoms with Gasteiger partial charge in [-0.15, -0.1) is 0 Å². The summed E-state index contributed by atoms with van der Waals surface area (Å²) in [6.45, 7) is 0.885. The number of anilines is 1. The summed E-state index contributed by atoms with van der Waals surface area (Å²) in [5, 5.41) is 3.06. The third-order valence-corrected chi connectivity index (χ3v) is 4.34. The zero-order chi connectivity index (χ0) is 17.5. The van der Waals surface area contributed by atoms with Crippen molar-refractivity contribution in [3.63, 3.8) is 0 Å². The van der Waals surface area contributed by atoms with Gasteiger partial charge < -0.3 is 5.32 Å². The average Bonchev–Trinajstić information content (AvgIpc) is 2.51. The van der Waals surface area contributed by atoms with Crippen LogP contribution in [0.1, 0.15) is 24.5 Å². The Morgan fingerprint density at radius 3 is 2.75 bits per heavy atom. The molecule has 0 unspecified atom stereocenters. The summed E-state index contributed by atoms with van der Waals surface area (Å²) in [5.74, 6) is -0.185. The molecule has 1 aliphatic rings. The van der Waals surface area contributed by atoms with E-state index in [0.717, 1.165) is 0 Å². The second-order valence-corrected chi connectivity index (χ2v) is 6.06. The number of fused-ring (bicyclic) bond motifs is 1. The van der Waals surface area contributed by atoms with Crippen LogP contribution in [0, 0.1) is 5.82 Å². The monoisotopic (exact) mass is 339 g/mol. The fraction of sp³-hybridized carbons (Fsp3) is 0.375. The van der Waals surface area contributed by atoms with Crippen molar-refractivity contribution in [1.82, 2.24) is 9.55 Å². The first kappa shape index (κ1) is 16.4. The normalized spacial score (nSPS) is 19.9. The third-order valence-electron chi connectivity index (χ3n) is 4.34. The molecule has 2 N–H and O–H groups in total. The van der Waals surface area contributed by atoms with E-state index >= 15 is 0 Å². The number of H-pyrrole nitrogens is 1. The number of hydrogen-bond acceptors (Lipinski definition) is 3. The molecule has 0 aliphatic carbocycles. The van der Waals surface area contributed by atoms with E-state index in [2.05, 4.69) is 10.3 Å². The second kappa shape index (κ2) is 5.85. The lowest BCUT2D eigenvalue weighted by Gasteiger charge is -2.37. The Labute approximate surface area is 135 Å².